The van der Waals surface area contributed by atoms with Crippen LogP contribution >= 0.6 is 0 Å². The minimum Gasteiger partial charge on any atom is -0.331 e. The number of para-hydroxylation sites is 2. The Bertz CT molecular complexity index is 1020. The summed E-state index contributed by atoms with van der Waals surface area (Å²) in [5.41, 5.74) is 5.99. The van der Waals surface area contributed by atoms with Crippen molar-refractivity contribution in [2.75, 3.05) is 0 Å². The molecule has 0 spiro atoms. The number of aromatic nitrogens is 4. The van der Waals surface area contributed by atoms with Crippen LogP contribution < -0.4 is 16.4 Å². The molecule has 9 nitrogen and oxygen atoms in total. The van der Waals surface area contributed by atoms with Crippen molar-refractivity contribution in [3.8, 4) is 0 Å². The van der Waals surface area contributed by atoms with E-state index < -0.39 is 11.8 Å². The van der Waals surface area contributed by atoms with Gasteiger partial charge in [-0.25, -0.2) is 9.67 Å². The fourth-order valence-corrected chi connectivity index (χ4v) is 2.36. The van der Waals surface area contributed by atoms with Crippen LogP contribution in [0.1, 0.15) is 16.3 Å². The second-order valence-corrected chi connectivity index (χ2v) is 5.44. The van der Waals surface area contributed by atoms with Gasteiger partial charge in [0.15, 0.2) is 5.69 Å². The Labute approximate surface area is 142 Å². The second-order valence-electron chi connectivity index (χ2n) is 5.44. The van der Waals surface area contributed by atoms with Gasteiger partial charge >= 0.3 is 0 Å². The predicted molar refractivity (Wildman–Crippen MR) is 89.5 cm³/mol. The summed E-state index contributed by atoms with van der Waals surface area (Å²) < 4.78 is 2.86. The van der Waals surface area contributed by atoms with Crippen molar-refractivity contribution >= 4 is 22.8 Å². The van der Waals surface area contributed by atoms with Crippen LogP contribution in [0.25, 0.3) is 11.0 Å². The number of nitrogens with zero attached hydrogens (tertiary/aromatic N) is 4. The van der Waals surface area contributed by atoms with Gasteiger partial charge in [0.05, 0.1) is 17.5 Å². The summed E-state index contributed by atoms with van der Waals surface area (Å²) >= 11 is 0. The van der Waals surface area contributed by atoms with E-state index in [-0.39, 0.29) is 17.7 Å². The molecule has 2 amide bonds. The Hall–Kier alpha value is -3.49. The quantitative estimate of drug-likeness (QED) is 0.634. The van der Waals surface area contributed by atoms with E-state index in [4.69, 9.17) is 0 Å². The standard InChI is InChI=1S/C16H16N6O3/c1-21-12-6-4-3-5-10(12)17-13(21)9-14(23)18-19-16(25)11-7-8-15(24)22(2)20-11/h3-8H,9H2,1-2H3,(H,18,23)(H,19,25). The first-order valence-corrected chi connectivity index (χ1v) is 7.49. The van der Waals surface area contributed by atoms with Crippen molar-refractivity contribution < 1.29 is 9.59 Å². The maximum Gasteiger partial charge on any atom is 0.290 e. The lowest BCUT2D eigenvalue weighted by atomic mass is 10.3. The Balaban J connectivity index is 1.64. The molecule has 3 aromatic rings. The van der Waals surface area contributed by atoms with Gasteiger partial charge in [-0.2, -0.15) is 5.10 Å². The Morgan fingerprint density at radius 2 is 1.84 bits per heavy atom. The molecular formula is C16H16N6O3. The molecular weight excluding hydrogens is 324 g/mol. The summed E-state index contributed by atoms with van der Waals surface area (Å²) in [6, 6.07) is 10.1. The summed E-state index contributed by atoms with van der Waals surface area (Å²) in [6.45, 7) is 0. The molecule has 9 heteroatoms. The first-order valence-electron chi connectivity index (χ1n) is 7.49. The van der Waals surface area contributed by atoms with E-state index in [0.717, 1.165) is 15.7 Å². The monoisotopic (exact) mass is 340 g/mol. The number of rotatable bonds is 3. The van der Waals surface area contributed by atoms with Crippen LogP contribution in [0.4, 0.5) is 0 Å². The molecule has 0 atom stereocenters. The van der Waals surface area contributed by atoms with Crippen molar-refractivity contribution in [2.45, 2.75) is 6.42 Å². The third-order valence-electron chi connectivity index (χ3n) is 3.71. The predicted octanol–water partition coefficient (Wildman–Crippen LogP) is -0.329. The number of carbonyl (C=O) groups excluding carboxylic acids is 2. The van der Waals surface area contributed by atoms with Gasteiger partial charge < -0.3 is 4.57 Å². The molecule has 0 aliphatic rings. The van der Waals surface area contributed by atoms with Gasteiger partial charge in [-0.1, -0.05) is 12.1 Å². The Morgan fingerprint density at radius 1 is 1.08 bits per heavy atom. The molecule has 2 aromatic heterocycles. The zero-order valence-corrected chi connectivity index (χ0v) is 13.7. The average Bonchev–Trinajstić information content (AvgIpc) is 2.91. The highest BCUT2D eigenvalue weighted by atomic mass is 16.2. The van der Waals surface area contributed by atoms with Gasteiger partial charge in [0.2, 0.25) is 5.91 Å². The number of aryl methyl sites for hydroxylation is 2. The average molecular weight is 340 g/mol. The molecule has 2 N–H and O–H groups in total. The van der Waals surface area contributed by atoms with E-state index in [1.807, 2.05) is 35.9 Å². The smallest absolute Gasteiger partial charge is 0.290 e. The zero-order chi connectivity index (χ0) is 18.0. The third-order valence-corrected chi connectivity index (χ3v) is 3.71. The highest BCUT2D eigenvalue weighted by Gasteiger charge is 2.13. The van der Waals surface area contributed by atoms with Crippen LogP contribution in [0.15, 0.2) is 41.2 Å². The maximum absolute atomic E-state index is 12.0. The molecule has 0 bridgehead atoms. The number of benzene rings is 1. The Kier molecular flexibility index (Phi) is 4.29. The molecule has 128 valence electrons. The van der Waals surface area contributed by atoms with E-state index >= 15 is 0 Å². The van der Waals surface area contributed by atoms with Crippen LogP contribution in [-0.2, 0) is 25.3 Å². The van der Waals surface area contributed by atoms with Crippen LogP contribution in [-0.4, -0.2) is 31.1 Å². The topological polar surface area (TPSA) is 111 Å². The summed E-state index contributed by atoms with van der Waals surface area (Å²) in [5.74, 6) is -0.460. The molecule has 1 aromatic carbocycles. The number of imidazole rings is 1. The summed E-state index contributed by atoms with van der Waals surface area (Å²) in [4.78, 5) is 39.6. The lowest BCUT2D eigenvalue weighted by Crippen LogP contribution is -2.43. The maximum atomic E-state index is 12.0. The Morgan fingerprint density at radius 3 is 2.56 bits per heavy atom. The highest BCUT2D eigenvalue weighted by Crippen LogP contribution is 2.14. The largest absolute Gasteiger partial charge is 0.331 e. The van der Waals surface area contributed by atoms with Gasteiger partial charge in [0, 0.05) is 20.2 Å². The molecule has 0 aliphatic carbocycles. The van der Waals surface area contributed by atoms with Crippen LogP contribution in [0.2, 0.25) is 0 Å². The van der Waals surface area contributed by atoms with Crippen LogP contribution in [0.5, 0.6) is 0 Å². The number of nitrogens with one attached hydrogen (secondary N) is 2. The fraction of sp³-hybridized carbons (Fsp3) is 0.188. The zero-order valence-electron chi connectivity index (χ0n) is 13.7. The summed E-state index contributed by atoms with van der Waals surface area (Å²) in [7, 11) is 3.26. The van der Waals surface area contributed by atoms with Gasteiger partial charge in [0.25, 0.3) is 11.5 Å². The molecule has 0 radical (unpaired) electrons. The van der Waals surface area contributed by atoms with Crippen LogP contribution in [0, 0.1) is 0 Å². The van der Waals surface area contributed by atoms with Crippen molar-refractivity contribution in [2.24, 2.45) is 14.1 Å². The molecule has 25 heavy (non-hydrogen) atoms. The lowest BCUT2D eigenvalue weighted by molar-refractivity contribution is -0.121. The molecule has 0 aliphatic heterocycles. The number of amides is 2. The summed E-state index contributed by atoms with van der Waals surface area (Å²) in [6.07, 6.45) is 0.00612. The van der Waals surface area contributed by atoms with Crippen LogP contribution in [0.3, 0.4) is 0 Å². The van der Waals surface area contributed by atoms with Gasteiger partial charge in [-0.3, -0.25) is 25.2 Å². The fourth-order valence-electron chi connectivity index (χ4n) is 2.36. The van der Waals surface area contributed by atoms with Crippen molar-refractivity contribution in [1.82, 2.24) is 30.2 Å². The second kappa shape index (κ2) is 6.56. The molecule has 0 unspecified atom stereocenters. The SMILES string of the molecule is Cn1nc(C(=O)NNC(=O)Cc2nc3ccccc3n2C)ccc1=O. The number of hydrogen-bond acceptors (Lipinski definition) is 5. The van der Waals surface area contributed by atoms with Crippen molar-refractivity contribution in [1.29, 1.82) is 0 Å². The first-order chi connectivity index (χ1) is 12.0. The van der Waals surface area contributed by atoms with Crippen molar-refractivity contribution in [3.05, 3.63) is 58.3 Å². The third kappa shape index (κ3) is 3.39. The first kappa shape index (κ1) is 16.4. The number of carbonyl (C=O) groups is 2. The van der Waals surface area contributed by atoms with Crippen molar-refractivity contribution in [3.63, 3.8) is 0 Å². The van der Waals surface area contributed by atoms with E-state index in [0.29, 0.717) is 5.82 Å². The lowest BCUT2D eigenvalue weighted by Gasteiger charge is -2.07. The van der Waals surface area contributed by atoms with Gasteiger partial charge in [0.1, 0.15) is 5.82 Å². The highest BCUT2D eigenvalue weighted by molar-refractivity contribution is 5.93. The number of hydrazine groups is 1. The number of hydrogen-bond donors (Lipinski definition) is 2. The molecule has 0 saturated heterocycles. The molecule has 3 rings (SSSR count). The van der Waals surface area contributed by atoms with Gasteiger partial charge in [-0.15, -0.1) is 0 Å². The number of fused-ring (bicyclic) bond motifs is 1. The molecule has 0 saturated carbocycles. The minimum atomic E-state index is -0.617. The van der Waals surface area contributed by atoms with E-state index in [1.165, 1.54) is 19.2 Å². The van der Waals surface area contributed by atoms with E-state index in [1.54, 1.807) is 0 Å². The van der Waals surface area contributed by atoms with E-state index in [9.17, 15) is 14.4 Å². The summed E-state index contributed by atoms with van der Waals surface area (Å²) in [5, 5.41) is 3.80. The minimum absolute atomic E-state index is 0.00612. The molecule has 0 fully saturated rings. The van der Waals surface area contributed by atoms with Gasteiger partial charge in [-0.05, 0) is 18.2 Å². The molecule has 2 heterocycles. The normalized spacial score (nSPS) is 10.6. The van der Waals surface area contributed by atoms with E-state index in [2.05, 4.69) is 20.9 Å².